The molecule has 0 radical (unpaired) electrons. The number of ether oxygens (including phenoxy) is 2. The number of nitrogens with two attached hydrogens (primary N) is 1. The molecule has 15 nitrogen and oxygen atoms in total. The Balaban J connectivity index is 1.34. The molecular formula is C31H41FN6O9S. The van der Waals surface area contributed by atoms with E-state index in [0.717, 1.165) is 4.90 Å². The number of fused-ring (bicyclic) bond motifs is 1. The molecule has 0 bridgehead atoms. The highest BCUT2D eigenvalue weighted by molar-refractivity contribution is 7.91. The molecule has 262 valence electrons. The zero-order valence-corrected chi connectivity index (χ0v) is 27.8. The van der Waals surface area contributed by atoms with E-state index >= 15 is 0 Å². The first kappa shape index (κ1) is 35.1. The molecule has 0 unspecified atom stereocenters. The topological polar surface area (TPSA) is 207 Å². The number of amides is 5. The van der Waals surface area contributed by atoms with E-state index in [0.29, 0.717) is 24.0 Å². The van der Waals surface area contributed by atoms with Crippen LogP contribution in [-0.2, 0) is 47.0 Å². The standard InChI is InChI=1S/C31H41FN6O9S/c1-5-18-12-31(18,27(41)36-48(44,45)20-9-10-20)35-25(39)24-11-19(46-29(43)37-14-17-7-6-8-22(32)21(17)16-37)15-38(24)26(40)23(13-33)34-28(42)47-30(2,3)4/h5-8,18-20,23-24H,1,9-16,33H2,2-4H3,(H,34,42)(H,35,39)(H,36,41)/t18-,19-,23+,24+,31-/m1/s1. The molecule has 2 heterocycles. The minimum atomic E-state index is -3.93. The molecule has 3 fully saturated rings. The quantitative estimate of drug-likeness (QED) is 0.253. The highest BCUT2D eigenvalue weighted by Gasteiger charge is 2.62. The van der Waals surface area contributed by atoms with Gasteiger partial charge in [-0.2, -0.15) is 0 Å². The lowest BCUT2D eigenvalue weighted by Crippen LogP contribution is -2.59. The van der Waals surface area contributed by atoms with Crippen molar-refractivity contribution in [3.05, 3.63) is 47.8 Å². The van der Waals surface area contributed by atoms with Crippen molar-refractivity contribution >= 4 is 39.9 Å². The first-order chi connectivity index (χ1) is 22.5. The molecule has 17 heteroatoms. The smallest absolute Gasteiger partial charge is 0.410 e. The summed E-state index contributed by atoms with van der Waals surface area (Å²) in [6.45, 7) is 8.02. The van der Waals surface area contributed by atoms with Gasteiger partial charge in [0.2, 0.25) is 21.8 Å². The Labute approximate surface area is 277 Å². The fourth-order valence-electron chi connectivity index (χ4n) is 5.99. The van der Waals surface area contributed by atoms with E-state index in [1.807, 2.05) is 0 Å². The highest BCUT2D eigenvalue weighted by atomic mass is 32.2. The van der Waals surface area contributed by atoms with Gasteiger partial charge in [-0.05, 0) is 51.7 Å². The van der Waals surface area contributed by atoms with Crippen molar-refractivity contribution in [1.29, 1.82) is 0 Å². The Kier molecular flexibility index (Phi) is 9.49. The maximum atomic E-state index is 14.3. The van der Waals surface area contributed by atoms with Gasteiger partial charge >= 0.3 is 12.2 Å². The van der Waals surface area contributed by atoms with Crippen molar-refractivity contribution < 1.29 is 46.3 Å². The highest BCUT2D eigenvalue weighted by Crippen LogP contribution is 2.45. The minimum Gasteiger partial charge on any atom is -0.444 e. The van der Waals surface area contributed by atoms with E-state index in [-0.39, 0.29) is 39.0 Å². The Bertz CT molecular complexity index is 1630. The van der Waals surface area contributed by atoms with Crippen molar-refractivity contribution in [1.82, 2.24) is 25.2 Å². The third kappa shape index (κ3) is 7.41. The molecule has 2 aliphatic heterocycles. The molecule has 0 aromatic heterocycles. The van der Waals surface area contributed by atoms with Crippen molar-refractivity contribution in [3.63, 3.8) is 0 Å². The predicted molar refractivity (Wildman–Crippen MR) is 168 cm³/mol. The molecule has 48 heavy (non-hydrogen) atoms. The van der Waals surface area contributed by atoms with Gasteiger partial charge < -0.3 is 30.7 Å². The molecule has 5 N–H and O–H groups in total. The lowest BCUT2D eigenvalue weighted by Gasteiger charge is -2.30. The second-order valence-corrected chi connectivity index (χ2v) is 15.6. The molecule has 4 aliphatic rings. The summed E-state index contributed by atoms with van der Waals surface area (Å²) >= 11 is 0. The molecule has 1 aromatic carbocycles. The van der Waals surface area contributed by atoms with Gasteiger partial charge in [-0.3, -0.25) is 24.0 Å². The number of carbonyl (C=O) groups excluding carboxylic acids is 5. The van der Waals surface area contributed by atoms with E-state index in [2.05, 4.69) is 21.9 Å². The molecular weight excluding hydrogens is 651 g/mol. The van der Waals surface area contributed by atoms with Gasteiger partial charge in [0, 0.05) is 31.0 Å². The summed E-state index contributed by atoms with van der Waals surface area (Å²) in [5, 5.41) is 4.36. The summed E-state index contributed by atoms with van der Waals surface area (Å²) in [4.78, 5) is 69.0. The number of halogens is 1. The summed E-state index contributed by atoms with van der Waals surface area (Å²) in [6, 6.07) is 1.89. The Morgan fingerprint density at radius 1 is 1.19 bits per heavy atom. The zero-order valence-electron chi connectivity index (χ0n) is 27.0. The van der Waals surface area contributed by atoms with Crippen molar-refractivity contribution in [3.8, 4) is 0 Å². The number of rotatable bonds is 10. The summed E-state index contributed by atoms with van der Waals surface area (Å²) in [6.07, 6.45) is -0.577. The molecule has 5 amide bonds. The number of alkyl carbamates (subject to hydrolysis) is 1. The SMILES string of the molecule is C=C[C@@H]1C[C@]1(NC(=O)[C@@H]1C[C@@H](OC(=O)N2Cc3cccc(F)c3C2)CN1C(=O)[C@H](CN)NC(=O)OC(C)(C)C)C(=O)NS(=O)(=O)C1CC1. The van der Waals surface area contributed by atoms with Crippen LogP contribution in [-0.4, -0.2) is 95.8 Å². The van der Waals surface area contributed by atoms with Gasteiger partial charge in [0.05, 0.1) is 18.3 Å². The van der Waals surface area contributed by atoms with Crippen LogP contribution in [0.15, 0.2) is 30.9 Å². The number of sulfonamides is 1. The summed E-state index contributed by atoms with van der Waals surface area (Å²) in [7, 11) is -3.93. The maximum absolute atomic E-state index is 14.3. The first-order valence-corrected chi connectivity index (χ1v) is 17.2. The van der Waals surface area contributed by atoms with Gasteiger partial charge in [0.15, 0.2) is 0 Å². The maximum Gasteiger partial charge on any atom is 0.410 e. The van der Waals surface area contributed by atoms with E-state index < -0.39 is 86.2 Å². The molecule has 2 saturated carbocycles. The average Bonchev–Trinajstić information content (AvgIpc) is 3.89. The molecule has 1 saturated heterocycles. The van der Waals surface area contributed by atoms with Crippen molar-refractivity contribution in [2.24, 2.45) is 11.7 Å². The predicted octanol–water partition coefficient (Wildman–Crippen LogP) is 0.769. The van der Waals surface area contributed by atoms with Crippen LogP contribution in [0.25, 0.3) is 0 Å². The summed E-state index contributed by atoms with van der Waals surface area (Å²) < 4.78 is 52.4. The van der Waals surface area contributed by atoms with Crippen LogP contribution in [0.2, 0.25) is 0 Å². The van der Waals surface area contributed by atoms with Gasteiger partial charge in [-0.25, -0.2) is 22.4 Å². The van der Waals surface area contributed by atoms with Gasteiger partial charge in [-0.15, -0.1) is 6.58 Å². The number of hydrogen-bond donors (Lipinski definition) is 4. The molecule has 0 spiro atoms. The number of carbonyl (C=O) groups is 5. The van der Waals surface area contributed by atoms with E-state index in [1.54, 1.807) is 26.8 Å². The van der Waals surface area contributed by atoms with Crippen molar-refractivity contribution in [2.75, 3.05) is 13.1 Å². The molecule has 1 aromatic rings. The lowest BCUT2D eigenvalue weighted by molar-refractivity contribution is -0.141. The Hall–Kier alpha value is -4.25. The number of nitrogens with zero attached hydrogens (tertiary/aromatic N) is 2. The third-order valence-corrected chi connectivity index (χ3v) is 10.6. The minimum absolute atomic E-state index is 0.0283. The number of nitrogens with one attached hydrogen (secondary N) is 3. The summed E-state index contributed by atoms with van der Waals surface area (Å²) in [5.74, 6) is -3.54. The molecule has 2 aliphatic carbocycles. The van der Waals surface area contributed by atoms with Crippen LogP contribution in [0, 0.1) is 11.7 Å². The fourth-order valence-corrected chi connectivity index (χ4v) is 7.36. The average molecular weight is 693 g/mol. The molecule has 5 rings (SSSR count). The van der Waals surface area contributed by atoms with Crippen LogP contribution in [0.1, 0.15) is 57.6 Å². The number of benzene rings is 1. The first-order valence-electron chi connectivity index (χ1n) is 15.7. The van der Waals surface area contributed by atoms with Crippen LogP contribution in [0.4, 0.5) is 14.0 Å². The second kappa shape index (κ2) is 13.0. The third-order valence-electron chi connectivity index (χ3n) is 8.77. The van der Waals surface area contributed by atoms with Crippen LogP contribution in [0.3, 0.4) is 0 Å². The Morgan fingerprint density at radius 3 is 2.48 bits per heavy atom. The monoisotopic (exact) mass is 692 g/mol. The van der Waals surface area contributed by atoms with E-state index in [4.69, 9.17) is 15.2 Å². The fraction of sp³-hybridized carbons (Fsp3) is 0.581. The van der Waals surface area contributed by atoms with Gasteiger partial charge in [-0.1, -0.05) is 18.2 Å². The number of likely N-dealkylation sites (tertiary alicyclic amines) is 1. The largest absolute Gasteiger partial charge is 0.444 e. The van der Waals surface area contributed by atoms with E-state index in [9.17, 15) is 36.8 Å². The van der Waals surface area contributed by atoms with Crippen molar-refractivity contribution in [2.45, 2.75) is 94.1 Å². The van der Waals surface area contributed by atoms with Crippen LogP contribution >= 0.6 is 0 Å². The number of hydrogen-bond acceptors (Lipinski definition) is 10. The second-order valence-electron chi connectivity index (χ2n) is 13.6. The lowest BCUT2D eigenvalue weighted by atomic mass is 10.1. The van der Waals surface area contributed by atoms with Gasteiger partial charge in [0.25, 0.3) is 5.91 Å². The Morgan fingerprint density at radius 2 is 1.90 bits per heavy atom. The van der Waals surface area contributed by atoms with Gasteiger partial charge in [0.1, 0.15) is 35.1 Å². The normalized spacial score (nSPS) is 25.4. The van der Waals surface area contributed by atoms with E-state index in [1.165, 1.54) is 23.1 Å². The summed E-state index contributed by atoms with van der Waals surface area (Å²) in [5.41, 5.74) is 4.32. The molecule has 5 atom stereocenters. The zero-order chi connectivity index (χ0) is 35.2. The van der Waals surface area contributed by atoms with Crippen LogP contribution in [0.5, 0.6) is 0 Å². The van der Waals surface area contributed by atoms with Crippen LogP contribution < -0.4 is 21.1 Å².